The number of methoxy groups -OCH3 is 1. The summed E-state index contributed by atoms with van der Waals surface area (Å²) in [7, 11) is 1.26. The van der Waals surface area contributed by atoms with Gasteiger partial charge in [0, 0.05) is 6.07 Å². The molecular formula is C11H7ClF2N2O3. The minimum absolute atomic E-state index is 0.0670. The van der Waals surface area contributed by atoms with Gasteiger partial charge in [0.15, 0.2) is 16.7 Å². The lowest BCUT2D eigenvalue weighted by Crippen LogP contribution is -2.35. The maximum Gasteiger partial charge on any atom is 0.334 e. The second-order valence-corrected chi connectivity index (χ2v) is 3.90. The number of hydrogen-bond donors (Lipinski definition) is 1. The van der Waals surface area contributed by atoms with E-state index in [-0.39, 0.29) is 11.4 Å². The minimum atomic E-state index is -1.32. The van der Waals surface area contributed by atoms with E-state index in [1.54, 1.807) is 0 Å². The van der Waals surface area contributed by atoms with Crippen LogP contribution in [0.15, 0.2) is 27.8 Å². The van der Waals surface area contributed by atoms with Gasteiger partial charge in [0.1, 0.15) is 0 Å². The second-order valence-electron chi connectivity index (χ2n) is 3.52. The fourth-order valence-corrected chi connectivity index (χ4v) is 1.68. The van der Waals surface area contributed by atoms with E-state index in [0.29, 0.717) is 4.57 Å². The molecule has 0 aliphatic heterocycles. The van der Waals surface area contributed by atoms with Crippen LogP contribution in [0.5, 0.6) is 5.75 Å². The van der Waals surface area contributed by atoms with Crippen molar-refractivity contribution >= 4 is 11.6 Å². The van der Waals surface area contributed by atoms with Crippen LogP contribution in [0.3, 0.4) is 0 Å². The molecule has 8 heteroatoms. The normalized spacial score (nSPS) is 10.5. The first kappa shape index (κ1) is 13.3. The van der Waals surface area contributed by atoms with Gasteiger partial charge in [-0.2, -0.15) is 4.39 Å². The van der Waals surface area contributed by atoms with Gasteiger partial charge in [0.2, 0.25) is 5.82 Å². The second kappa shape index (κ2) is 4.85. The number of aromatic nitrogens is 2. The van der Waals surface area contributed by atoms with E-state index in [1.165, 1.54) is 19.2 Å². The molecule has 0 aliphatic rings. The van der Waals surface area contributed by atoms with Crippen molar-refractivity contribution in [2.75, 3.05) is 7.11 Å². The van der Waals surface area contributed by atoms with Gasteiger partial charge in [-0.05, 0) is 12.1 Å². The molecule has 19 heavy (non-hydrogen) atoms. The van der Waals surface area contributed by atoms with Crippen LogP contribution in [0.25, 0.3) is 5.69 Å². The number of aromatic amines is 1. The van der Waals surface area contributed by atoms with Gasteiger partial charge >= 0.3 is 5.69 Å². The lowest BCUT2D eigenvalue weighted by molar-refractivity contribution is 0.386. The van der Waals surface area contributed by atoms with Crippen molar-refractivity contribution in [1.29, 1.82) is 0 Å². The Morgan fingerprint density at radius 2 is 2.00 bits per heavy atom. The van der Waals surface area contributed by atoms with Crippen LogP contribution in [0.1, 0.15) is 0 Å². The highest BCUT2D eigenvalue weighted by atomic mass is 35.5. The van der Waals surface area contributed by atoms with Gasteiger partial charge in [0.25, 0.3) is 5.56 Å². The highest BCUT2D eigenvalue weighted by molar-refractivity contribution is 6.29. The van der Waals surface area contributed by atoms with Crippen LogP contribution in [0.4, 0.5) is 8.78 Å². The number of rotatable bonds is 2. The zero-order chi connectivity index (χ0) is 14.2. The molecule has 0 spiro atoms. The molecule has 0 aliphatic carbocycles. The summed E-state index contributed by atoms with van der Waals surface area (Å²) >= 11 is 5.32. The summed E-state index contributed by atoms with van der Waals surface area (Å²) < 4.78 is 32.0. The number of nitrogens with one attached hydrogen (secondary N) is 1. The number of H-pyrrole nitrogens is 1. The van der Waals surface area contributed by atoms with Crippen LogP contribution in [0.2, 0.25) is 5.15 Å². The van der Waals surface area contributed by atoms with Crippen molar-refractivity contribution in [3.63, 3.8) is 0 Å². The zero-order valence-electron chi connectivity index (χ0n) is 9.54. The van der Waals surface area contributed by atoms with Crippen molar-refractivity contribution in [2.45, 2.75) is 0 Å². The smallest absolute Gasteiger partial charge is 0.334 e. The summed E-state index contributed by atoms with van der Waals surface area (Å²) in [5.74, 6) is -2.18. The molecular weight excluding hydrogens is 282 g/mol. The number of hydrogen-bond acceptors (Lipinski definition) is 3. The minimum Gasteiger partial charge on any atom is -0.494 e. The molecule has 2 aromatic rings. The van der Waals surface area contributed by atoms with Gasteiger partial charge in [-0.15, -0.1) is 0 Å². The molecule has 1 N–H and O–H groups in total. The third kappa shape index (κ3) is 2.24. The molecule has 100 valence electrons. The summed E-state index contributed by atoms with van der Waals surface area (Å²) in [4.78, 5) is 25.1. The topological polar surface area (TPSA) is 64.1 Å². The highest BCUT2D eigenvalue weighted by Gasteiger charge is 2.15. The molecule has 1 aromatic carbocycles. The van der Waals surface area contributed by atoms with E-state index >= 15 is 0 Å². The molecule has 0 bridgehead atoms. The predicted molar refractivity (Wildman–Crippen MR) is 64.1 cm³/mol. The standard InChI is InChI=1S/C11H7ClF2N2O3/c1-19-7-3-2-5(4-6(7)13)16-10(17)8(14)9(12)15-11(16)18/h2-4H,1H3,(H,15,18). The average Bonchev–Trinajstić information content (AvgIpc) is 2.36. The maximum atomic E-state index is 13.5. The third-order valence-electron chi connectivity index (χ3n) is 2.40. The first-order valence-electron chi connectivity index (χ1n) is 5.00. The molecule has 0 atom stereocenters. The molecule has 0 saturated carbocycles. The van der Waals surface area contributed by atoms with Crippen LogP contribution in [0, 0.1) is 11.6 Å². The van der Waals surface area contributed by atoms with E-state index < -0.39 is 28.0 Å². The van der Waals surface area contributed by atoms with Gasteiger partial charge in [-0.1, -0.05) is 11.6 Å². The van der Waals surface area contributed by atoms with Crippen LogP contribution in [-0.2, 0) is 0 Å². The van der Waals surface area contributed by atoms with Crippen LogP contribution in [-0.4, -0.2) is 16.7 Å². The fourth-order valence-electron chi connectivity index (χ4n) is 1.52. The molecule has 1 heterocycles. The first-order chi connectivity index (χ1) is 8.95. The van der Waals surface area contributed by atoms with Crippen molar-refractivity contribution < 1.29 is 13.5 Å². The molecule has 0 radical (unpaired) electrons. The first-order valence-corrected chi connectivity index (χ1v) is 5.37. The molecule has 5 nitrogen and oxygen atoms in total. The largest absolute Gasteiger partial charge is 0.494 e. The van der Waals surface area contributed by atoms with Crippen molar-refractivity contribution in [3.05, 3.63) is 55.8 Å². The fraction of sp³-hybridized carbons (Fsp3) is 0.0909. The third-order valence-corrected chi connectivity index (χ3v) is 2.66. The lowest BCUT2D eigenvalue weighted by atomic mass is 10.3. The molecule has 0 saturated heterocycles. The Hall–Kier alpha value is -2.15. The van der Waals surface area contributed by atoms with Crippen LogP contribution >= 0.6 is 11.6 Å². The van der Waals surface area contributed by atoms with E-state index in [4.69, 9.17) is 16.3 Å². The van der Waals surface area contributed by atoms with Gasteiger partial charge in [-0.3, -0.25) is 9.78 Å². The molecule has 2 rings (SSSR count). The van der Waals surface area contributed by atoms with Crippen LogP contribution < -0.4 is 16.0 Å². The Morgan fingerprint density at radius 1 is 1.32 bits per heavy atom. The molecule has 0 unspecified atom stereocenters. The molecule has 0 fully saturated rings. The van der Waals surface area contributed by atoms with E-state index in [2.05, 4.69) is 0 Å². The highest BCUT2D eigenvalue weighted by Crippen LogP contribution is 2.18. The number of benzene rings is 1. The lowest BCUT2D eigenvalue weighted by Gasteiger charge is -2.07. The predicted octanol–water partition coefficient (Wildman–Crippen LogP) is 1.47. The Labute approximate surface area is 110 Å². The van der Waals surface area contributed by atoms with E-state index in [0.717, 1.165) is 6.07 Å². The monoisotopic (exact) mass is 288 g/mol. The van der Waals surface area contributed by atoms with Crippen molar-refractivity contribution in [1.82, 2.24) is 9.55 Å². The summed E-state index contributed by atoms with van der Waals surface area (Å²) in [6.07, 6.45) is 0. The number of nitrogens with zero attached hydrogens (tertiary/aromatic N) is 1. The maximum absolute atomic E-state index is 13.5. The SMILES string of the molecule is COc1ccc(-n2c(=O)[nH]c(Cl)c(F)c2=O)cc1F. The van der Waals surface area contributed by atoms with Gasteiger partial charge < -0.3 is 4.74 Å². The quantitative estimate of drug-likeness (QED) is 0.851. The van der Waals surface area contributed by atoms with E-state index in [9.17, 15) is 18.4 Å². The Kier molecular flexibility index (Phi) is 3.39. The summed E-state index contributed by atoms with van der Waals surface area (Å²) in [6.45, 7) is 0. The van der Waals surface area contributed by atoms with Crippen molar-refractivity contribution in [3.8, 4) is 11.4 Å². The van der Waals surface area contributed by atoms with Gasteiger partial charge in [0.05, 0.1) is 12.8 Å². The molecule has 1 aromatic heterocycles. The van der Waals surface area contributed by atoms with E-state index in [1.807, 2.05) is 4.98 Å². The average molecular weight is 289 g/mol. The Bertz CT molecular complexity index is 755. The number of ether oxygens (including phenoxy) is 1. The van der Waals surface area contributed by atoms with Crippen molar-refractivity contribution in [2.24, 2.45) is 0 Å². The zero-order valence-corrected chi connectivity index (χ0v) is 10.3. The summed E-state index contributed by atoms with van der Waals surface area (Å²) in [5.41, 5.74) is -2.38. The number of halogens is 3. The summed E-state index contributed by atoms with van der Waals surface area (Å²) in [6, 6.07) is 3.33. The Balaban J connectivity index is 2.73. The molecule has 0 amide bonds. The summed E-state index contributed by atoms with van der Waals surface area (Å²) in [5, 5.41) is -0.694. The Morgan fingerprint density at radius 3 is 2.58 bits per heavy atom. The van der Waals surface area contributed by atoms with Gasteiger partial charge in [-0.25, -0.2) is 13.8 Å².